The van der Waals surface area contributed by atoms with Crippen molar-refractivity contribution in [2.24, 2.45) is 0 Å². The van der Waals surface area contributed by atoms with Crippen LogP contribution in [0.2, 0.25) is 18.1 Å². The first-order valence-corrected chi connectivity index (χ1v) is 18.4. The van der Waals surface area contributed by atoms with Crippen LogP contribution in [0, 0.1) is 0 Å². The molecule has 3 atom stereocenters. The highest BCUT2D eigenvalue weighted by atomic mass is 28.4. The molecular weight excluding hydrogens is 616 g/mol. The fourth-order valence-corrected chi connectivity index (χ4v) is 6.70. The van der Waals surface area contributed by atoms with Gasteiger partial charge in [-0.05, 0) is 59.1 Å². The number of nitrogens with one attached hydrogen (secondary N) is 1. The molecule has 0 unspecified atom stereocenters. The number of ketones is 1. The smallest absolute Gasteiger partial charge is 0.330 e. The molecule has 1 saturated heterocycles. The first-order valence-electron chi connectivity index (χ1n) is 15.5. The third kappa shape index (κ3) is 6.75. The maximum absolute atomic E-state index is 14.2. The number of benzene rings is 3. The minimum Gasteiger partial charge on any atom is -0.497 e. The number of aromatic nitrogens is 2. The van der Waals surface area contributed by atoms with E-state index in [9.17, 15) is 14.4 Å². The topological polar surface area (TPSA) is 118 Å². The Morgan fingerprint density at radius 2 is 1.32 bits per heavy atom. The van der Waals surface area contributed by atoms with Crippen LogP contribution >= 0.6 is 0 Å². The van der Waals surface area contributed by atoms with Gasteiger partial charge in [0.2, 0.25) is 0 Å². The number of Topliss-reactive ketones (excluding diaryl/α,β-unsaturated/α-hetero) is 1. The van der Waals surface area contributed by atoms with Gasteiger partial charge in [0.1, 0.15) is 23.2 Å². The standard InChI is InChI=1S/C36H42N2O8Si/c1-35(2,3)47(6,7)46-32-31(40)29(45-33(32)38-22-21-30(39)37-34(38)41)23-44-36(24-11-9-8-10-12-24,25-13-17-27(42-4)18-14-25)26-15-19-28(43-5)20-16-26/h8-22,29,32-33H,23H2,1-7H3,(H,37,39,41)/t29-,32-,33-/m1/s1. The summed E-state index contributed by atoms with van der Waals surface area (Å²) in [6, 6.07) is 26.1. The lowest BCUT2D eigenvalue weighted by atomic mass is 9.80. The normalized spacial score (nSPS) is 18.7. The van der Waals surface area contributed by atoms with Gasteiger partial charge >= 0.3 is 5.69 Å². The van der Waals surface area contributed by atoms with Crippen LogP contribution in [0.3, 0.4) is 0 Å². The molecule has 1 N–H and O–H groups in total. The van der Waals surface area contributed by atoms with Gasteiger partial charge in [0.25, 0.3) is 5.56 Å². The molecule has 0 aliphatic carbocycles. The molecular formula is C36H42N2O8Si. The molecule has 1 fully saturated rings. The van der Waals surface area contributed by atoms with Crippen LogP contribution in [0.4, 0.5) is 0 Å². The minimum absolute atomic E-state index is 0.169. The molecule has 47 heavy (non-hydrogen) atoms. The lowest BCUT2D eigenvalue weighted by molar-refractivity contribution is -0.131. The summed E-state index contributed by atoms with van der Waals surface area (Å²) in [7, 11) is 0.679. The van der Waals surface area contributed by atoms with E-state index in [-0.39, 0.29) is 17.4 Å². The van der Waals surface area contributed by atoms with Crippen molar-refractivity contribution < 1.29 is 28.2 Å². The Bertz CT molecular complexity index is 1750. The highest BCUT2D eigenvalue weighted by Crippen LogP contribution is 2.44. The lowest BCUT2D eigenvalue weighted by Crippen LogP contribution is -2.48. The molecule has 0 amide bonds. The number of H-pyrrole nitrogens is 1. The summed E-state index contributed by atoms with van der Waals surface area (Å²) in [4.78, 5) is 41.3. The number of carbonyl (C=O) groups is 1. The molecule has 5 rings (SSSR count). The Morgan fingerprint density at radius 3 is 1.81 bits per heavy atom. The Morgan fingerprint density at radius 1 is 0.787 bits per heavy atom. The maximum Gasteiger partial charge on any atom is 0.330 e. The molecule has 3 aromatic carbocycles. The van der Waals surface area contributed by atoms with Gasteiger partial charge < -0.3 is 23.4 Å². The quantitative estimate of drug-likeness (QED) is 0.168. The van der Waals surface area contributed by atoms with Crippen molar-refractivity contribution >= 4 is 14.1 Å². The maximum atomic E-state index is 14.2. The van der Waals surface area contributed by atoms with Crippen molar-refractivity contribution in [1.82, 2.24) is 9.55 Å². The van der Waals surface area contributed by atoms with Crippen molar-refractivity contribution in [2.45, 2.75) is 62.9 Å². The monoisotopic (exact) mass is 658 g/mol. The molecule has 0 saturated carbocycles. The molecule has 0 bridgehead atoms. The molecule has 1 aromatic heterocycles. The number of aromatic amines is 1. The Labute approximate surface area is 275 Å². The van der Waals surface area contributed by atoms with Gasteiger partial charge in [-0.3, -0.25) is 19.1 Å². The van der Waals surface area contributed by atoms with Crippen molar-refractivity contribution in [1.29, 1.82) is 0 Å². The van der Waals surface area contributed by atoms with E-state index in [1.807, 2.05) is 92.0 Å². The van der Waals surface area contributed by atoms with Crippen LogP contribution in [0.5, 0.6) is 11.5 Å². The predicted molar refractivity (Wildman–Crippen MR) is 181 cm³/mol. The zero-order valence-electron chi connectivity index (χ0n) is 27.8. The number of hydrogen-bond donors (Lipinski definition) is 1. The van der Waals surface area contributed by atoms with Crippen LogP contribution < -0.4 is 20.7 Å². The van der Waals surface area contributed by atoms with Crippen LogP contribution in [0.1, 0.15) is 43.7 Å². The molecule has 0 radical (unpaired) electrons. The summed E-state index contributed by atoms with van der Waals surface area (Å²) in [6.45, 7) is 10.1. The number of carbonyl (C=O) groups excluding carboxylic acids is 1. The lowest BCUT2D eigenvalue weighted by Gasteiger charge is -2.38. The predicted octanol–water partition coefficient (Wildman–Crippen LogP) is 5.42. The second kappa shape index (κ2) is 13.4. The molecule has 4 aromatic rings. The van der Waals surface area contributed by atoms with Crippen molar-refractivity contribution in [3.8, 4) is 11.5 Å². The van der Waals surface area contributed by atoms with Gasteiger partial charge in [0.15, 0.2) is 26.4 Å². The first kappa shape index (κ1) is 34.1. The highest BCUT2D eigenvalue weighted by molar-refractivity contribution is 6.74. The average Bonchev–Trinajstić information content (AvgIpc) is 3.35. The Balaban J connectivity index is 1.60. The van der Waals surface area contributed by atoms with E-state index in [4.69, 9.17) is 23.4 Å². The van der Waals surface area contributed by atoms with Gasteiger partial charge in [0.05, 0.1) is 20.8 Å². The second-order valence-electron chi connectivity index (χ2n) is 13.0. The summed E-state index contributed by atoms with van der Waals surface area (Å²) in [6.07, 6.45) is -1.97. The van der Waals surface area contributed by atoms with Crippen molar-refractivity contribution in [3.63, 3.8) is 0 Å². The summed E-state index contributed by atoms with van der Waals surface area (Å²) in [5.41, 5.74) is -0.0280. The van der Waals surface area contributed by atoms with E-state index in [1.165, 1.54) is 16.8 Å². The van der Waals surface area contributed by atoms with E-state index in [2.05, 4.69) is 25.8 Å². The number of nitrogens with zero attached hydrogens (tertiary/aromatic N) is 1. The van der Waals surface area contributed by atoms with Crippen molar-refractivity contribution in [2.75, 3.05) is 20.8 Å². The van der Waals surface area contributed by atoms with E-state index in [1.54, 1.807) is 14.2 Å². The molecule has 1 aliphatic heterocycles. The number of methoxy groups -OCH3 is 2. The summed E-state index contributed by atoms with van der Waals surface area (Å²) >= 11 is 0. The van der Waals surface area contributed by atoms with E-state index < -0.39 is 43.6 Å². The van der Waals surface area contributed by atoms with Gasteiger partial charge in [-0.15, -0.1) is 0 Å². The first-order chi connectivity index (χ1) is 22.3. The summed E-state index contributed by atoms with van der Waals surface area (Å²) < 4.78 is 32.0. The molecule has 248 valence electrons. The SMILES string of the molecule is COc1ccc(C(OC[C@H]2O[C@@H](n3ccc(=O)[nH]c3=O)[C@H](O[Si](C)(C)C(C)(C)C)C2=O)(c2ccccc2)c2ccc(OC)cc2)cc1. The molecule has 0 spiro atoms. The third-order valence-corrected chi connectivity index (χ3v) is 13.6. The summed E-state index contributed by atoms with van der Waals surface area (Å²) in [5, 5.41) is -0.229. The zero-order chi connectivity index (χ0) is 34.0. The van der Waals surface area contributed by atoms with Gasteiger partial charge in [-0.2, -0.15) is 0 Å². The van der Waals surface area contributed by atoms with Crippen LogP contribution in [0.15, 0.2) is 101 Å². The van der Waals surface area contributed by atoms with E-state index in [0.29, 0.717) is 11.5 Å². The van der Waals surface area contributed by atoms with Crippen LogP contribution in [-0.4, -0.2) is 56.7 Å². The van der Waals surface area contributed by atoms with Gasteiger partial charge in [-0.1, -0.05) is 75.4 Å². The Kier molecular flexibility index (Phi) is 9.74. The van der Waals surface area contributed by atoms with Crippen LogP contribution in [-0.2, 0) is 24.3 Å². The van der Waals surface area contributed by atoms with E-state index in [0.717, 1.165) is 16.7 Å². The number of hydrogen-bond acceptors (Lipinski definition) is 8. The molecule has 1 aliphatic rings. The third-order valence-electron chi connectivity index (χ3n) is 9.14. The fraction of sp³-hybridized carbons (Fsp3) is 0.361. The fourth-order valence-electron chi connectivity index (χ4n) is 5.48. The largest absolute Gasteiger partial charge is 0.497 e. The average molecular weight is 659 g/mol. The zero-order valence-corrected chi connectivity index (χ0v) is 28.8. The highest BCUT2D eigenvalue weighted by Gasteiger charge is 2.51. The van der Waals surface area contributed by atoms with Gasteiger partial charge in [-0.25, -0.2) is 4.79 Å². The molecule has 11 heteroatoms. The Hall–Kier alpha value is -4.29. The second-order valence-corrected chi connectivity index (χ2v) is 17.8. The van der Waals surface area contributed by atoms with Crippen LogP contribution in [0.25, 0.3) is 0 Å². The van der Waals surface area contributed by atoms with Crippen molar-refractivity contribution in [3.05, 3.63) is 129 Å². The van der Waals surface area contributed by atoms with Gasteiger partial charge in [0, 0.05) is 12.3 Å². The number of rotatable bonds is 11. The molecule has 10 nitrogen and oxygen atoms in total. The minimum atomic E-state index is -2.53. The summed E-state index contributed by atoms with van der Waals surface area (Å²) in [5.74, 6) is 1.02. The number of ether oxygens (including phenoxy) is 4. The van der Waals surface area contributed by atoms with E-state index >= 15 is 0 Å². The molecule has 2 heterocycles.